The van der Waals surface area contributed by atoms with Gasteiger partial charge in [0, 0.05) is 16.3 Å². The molecule has 0 aromatic heterocycles. The first-order valence-electron chi connectivity index (χ1n) is 5.64. The third kappa shape index (κ3) is 3.12. The number of nitrogens with two attached hydrogens (primary N) is 1. The van der Waals surface area contributed by atoms with Crippen molar-refractivity contribution in [2.24, 2.45) is 5.92 Å². The van der Waals surface area contributed by atoms with Crippen molar-refractivity contribution in [3.8, 4) is 0 Å². The Labute approximate surface area is 99.8 Å². The van der Waals surface area contributed by atoms with Crippen molar-refractivity contribution in [2.75, 3.05) is 24.6 Å². The Hall–Kier alpha value is -0.740. The number of benzene rings is 1. The molecule has 0 aliphatic carbocycles. The summed E-state index contributed by atoms with van der Waals surface area (Å²) in [5, 5.41) is 3.37. The van der Waals surface area contributed by atoms with Gasteiger partial charge >= 0.3 is 0 Å². The van der Waals surface area contributed by atoms with E-state index >= 15 is 0 Å². The van der Waals surface area contributed by atoms with Gasteiger partial charge in [-0.2, -0.15) is 0 Å². The highest BCUT2D eigenvalue weighted by atomic mass is 32.2. The van der Waals surface area contributed by atoms with Gasteiger partial charge in [-0.1, -0.05) is 0 Å². The molecule has 4 heteroatoms. The van der Waals surface area contributed by atoms with Crippen molar-refractivity contribution >= 4 is 17.4 Å². The number of piperidine rings is 1. The number of nitrogen functional groups attached to an aromatic ring is 1. The summed E-state index contributed by atoms with van der Waals surface area (Å²) in [6.45, 7) is 2.18. The third-order valence-corrected chi connectivity index (χ3v) is 4.11. The molecular formula is C12H17FN2S. The molecule has 2 rings (SSSR count). The monoisotopic (exact) mass is 240 g/mol. The zero-order valence-electron chi connectivity index (χ0n) is 9.21. The van der Waals surface area contributed by atoms with E-state index in [1.54, 1.807) is 23.9 Å². The van der Waals surface area contributed by atoms with Gasteiger partial charge in [-0.05, 0) is 50.0 Å². The van der Waals surface area contributed by atoms with Crippen molar-refractivity contribution in [2.45, 2.75) is 17.7 Å². The first-order chi connectivity index (χ1) is 7.75. The summed E-state index contributed by atoms with van der Waals surface area (Å²) >= 11 is 1.59. The van der Waals surface area contributed by atoms with Crippen molar-refractivity contribution in [1.29, 1.82) is 0 Å². The minimum absolute atomic E-state index is 0.200. The number of nitrogens with one attached hydrogen (secondary N) is 1. The number of rotatable bonds is 3. The molecule has 0 spiro atoms. The van der Waals surface area contributed by atoms with Crippen LogP contribution in [-0.2, 0) is 0 Å². The van der Waals surface area contributed by atoms with E-state index in [9.17, 15) is 4.39 Å². The topological polar surface area (TPSA) is 38.0 Å². The molecule has 0 bridgehead atoms. The fourth-order valence-electron chi connectivity index (χ4n) is 1.91. The second-order valence-electron chi connectivity index (χ2n) is 4.21. The molecule has 0 amide bonds. The fourth-order valence-corrected chi connectivity index (χ4v) is 2.97. The van der Waals surface area contributed by atoms with Gasteiger partial charge < -0.3 is 11.1 Å². The van der Waals surface area contributed by atoms with Gasteiger partial charge in [0.05, 0.1) is 0 Å². The first kappa shape index (κ1) is 11.7. The molecule has 1 aliphatic rings. The first-order valence-corrected chi connectivity index (χ1v) is 6.63. The van der Waals surface area contributed by atoms with Gasteiger partial charge in [-0.15, -0.1) is 11.8 Å². The molecule has 3 N–H and O–H groups in total. The highest BCUT2D eigenvalue weighted by Gasteiger charge is 2.14. The number of thioether (sulfide) groups is 1. The van der Waals surface area contributed by atoms with E-state index in [4.69, 9.17) is 5.73 Å². The second-order valence-corrected chi connectivity index (χ2v) is 5.28. The molecular weight excluding hydrogens is 223 g/mol. The summed E-state index contributed by atoms with van der Waals surface area (Å²) in [5.74, 6) is 1.44. The largest absolute Gasteiger partial charge is 0.399 e. The highest BCUT2D eigenvalue weighted by Crippen LogP contribution is 2.27. The van der Waals surface area contributed by atoms with E-state index in [2.05, 4.69) is 5.32 Å². The lowest BCUT2D eigenvalue weighted by molar-refractivity contribution is 0.410. The molecule has 1 aromatic carbocycles. The lowest BCUT2D eigenvalue weighted by atomic mass is 10.0. The molecule has 0 radical (unpaired) electrons. The maximum absolute atomic E-state index is 13.5. The minimum Gasteiger partial charge on any atom is -0.399 e. The molecule has 88 valence electrons. The average molecular weight is 240 g/mol. The summed E-state index contributed by atoms with van der Waals surface area (Å²) in [7, 11) is 0. The van der Waals surface area contributed by atoms with Crippen molar-refractivity contribution in [3.05, 3.63) is 24.0 Å². The van der Waals surface area contributed by atoms with Crippen molar-refractivity contribution < 1.29 is 4.39 Å². The Bertz CT molecular complexity index is 351. The van der Waals surface area contributed by atoms with Gasteiger partial charge in [0.15, 0.2) is 0 Å². The fraction of sp³-hybridized carbons (Fsp3) is 0.500. The van der Waals surface area contributed by atoms with Gasteiger partial charge in [0.2, 0.25) is 0 Å². The SMILES string of the molecule is Nc1ccc(SCC2CCCNC2)c(F)c1. The molecule has 1 saturated heterocycles. The normalized spacial score (nSPS) is 20.9. The van der Waals surface area contributed by atoms with Crippen LogP contribution in [0.3, 0.4) is 0 Å². The van der Waals surface area contributed by atoms with Crippen LogP contribution in [-0.4, -0.2) is 18.8 Å². The molecule has 1 aliphatic heterocycles. The quantitative estimate of drug-likeness (QED) is 0.630. The van der Waals surface area contributed by atoms with Crippen LogP contribution in [0.25, 0.3) is 0 Å². The van der Waals surface area contributed by atoms with E-state index in [1.165, 1.54) is 18.9 Å². The smallest absolute Gasteiger partial charge is 0.138 e. The van der Waals surface area contributed by atoms with E-state index in [1.807, 2.05) is 0 Å². The number of anilines is 1. The maximum atomic E-state index is 13.5. The Morgan fingerprint density at radius 2 is 2.38 bits per heavy atom. The van der Waals surface area contributed by atoms with Gasteiger partial charge in [0.25, 0.3) is 0 Å². The second kappa shape index (κ2) is 5.55. The Balaban J connectivity index is 1.88. The standard InChI is InChI=1S/C12H17FN2S/c13-11-6-10(14)3-4-12(11)16-8-9-2-1-5-15-7-9/h3-4,6,9,15H,1-2,5,7-8,14H2. The molecule has 1 unspecified atom stereocenters. The van der Waals surface area contributed by atoms with Crippen LogP contribution >= 0.6 is 11.8 Å². The zero-order valence-corrected chi connectivity index (χ0v) is 10.0. The van der Waals surface area contributed by atoms with Crippen LogP contribution in [0.5, 0.6) is 0 Å². The molecule has 0 saturated carbocycles. The summed E-state index contributed by atoms with van der Waals surface area (Å²) in [5.41, 5.74) is 5.99. The van der Waals surface area contributed by atoms with E-state index < -0.39 is 0 Å². The maximum Gasteiger partial charge on any atom is 0.138 e. The van der Waals surface area contributed by atoms with Crippen LogP contribution in [0.1, 0.15) is 12.8 Å². The summed E-state index contributed by atoms with van der Waals surface area (Å²) in [6.07, 6.45) is 2.48. The molecule has 1 fully saturated rings. The highest BCUT2D eigenvalue weighted by molar-refractivity contribution is 7.99. The minimum atomic E-state index is -0.200. The lowest BCUT2D eigenvalue weighted by Crippen LogP contribution is -2.30. The zero-order chi connectivity index (χ0) is 11.4. The van der Waals surface area contributed by atoms with Crippen LogP contribution < -0.4 is 11.1 Å². The summed E-state index contributed by atoms with van der Waals surface area (Å²) in [6, 6.07) is 4.91. The molecule has 16 heavy (non-hydrogen) atoms. The molecule has 1 aromatic rings. The Morgan fingerprint density at radius 1 is 1.50 bits per heavy atom. The average Bonchev–Trinajstić information content (AvgIpc) is 2.29. The summed E-state index contributed by atoms with van der Waals surface area (Å²) < 4.78 is 13.5. The summed E-state index contributed by atoms with van der Waals surface area (Å²) in [4.78, 5) is 0.708. The molecule has 2 nitrogen and oxygen atoms in total. The third-order valence-electron chi connectivity index (χ3n) is 2.83. The number of halogens is 1. The molecule has 1 atom stereocenters. The predicted octanol–water partition coefficient (Wildman–Crippen LogP) is 2.50. The number of hydrogen-bond donors (Lipinski definition) is 2. The predicted molar refractivity (Wildman–Crippen MR) is 67.1 cm³/mol. The van der Waals surface area contributed by atoms with Gasteiger partial charge in [-0.25, -0.2) is 4.39 Å². The van der Waals surface area contributed by atoms with Crippen molar-refractivity contribution in [1.82, 2.24) is 5.32 Å². The van der Waals surface area contributed by atoms with Gasteiger partial charge in [-0.3, -0.25) is 0 Å². The molecule has 1 heterocycles. The lowest BCUT2D eigenvalue weighted by Gasteiger charge is -2.22. The van der Waals surface area contributed by atoms with Crippen LogP contribution in [0.15, 0.2) is 23.1 Å². The van der Waals surface area contributed by atoms with E-state index in [-0.39, 0.29) is 5.82 Å². The van der Waals surface area contributed by atoms with E-state index in [0.717, 1.165) is 18.8 Å². The Morgan fingerprint density at radius 3 is 3.06 bits per heavy atom. The van der Waals surface area contributed by atoms with Gasteiger partial charge in [0.1, 0.15) is 5.82 Å². The Kier molecular flexibility index (Phi) is 4.07. The van der Waals surface area contributed by atoms with E-state index in [0.29, 0.717) is 16.5 Å². The van der Waals surface area contributed by atoms with Crippen LogP contribution in [0.2, 0.25) is 0 Å². The number of hydrogen-bond acceptors (Lipinski definition) is 3. The van der Waals surface area contributed by atoms with Crippen LogP contribution in [0, 0.1) is 11.7 Å². The van der Waals surface area contributed by atoms with Crippen molar-refractivity contribution in [3.63, 3.8) is 0 Å². The van der Waals surface area contributed by atoms with Crippen LogP contribution in [0.4, 0.5) is 10.1 Å².